The molecule has 1 aliphatic heterocycles. The third-order valence-electron chi connectivity index (χ3n) is 5.21. The Kier molecular flexibility index (Phi) is 7.67. The van der Waals surface area contributed by atoms with Crippen LogP contribution in [0.15, 0.2) is 36.7 Å². The second kappa shape index (κ2) is 10.4. The number of hydrogen-bond donors (Lipinski definition) is 6. The van der Waals surface area contributed by atoms with Crippen molar-refractivity contribution in [2.45, 2.75) is 30.4 Å². The lowest BCUT2D eigenvalue weighted by molar-refractivity contribution is -0.149. The zero-order chi connectivity index (χ0) is 26.2. The summed E-state index contributed by atoms with van der Waals surface area (Å²) in [7, 11) is -5.15. The summed E-state index contributed by atoms with van der Waals surface area (Å²) in [6.07, 6.45) is -4.54. The van der Waals surface area contributed by atoms with Crippen LogP contribution in [0.3, 0.4) is 0 Å². The Balaban J connectivity index is 1.57. The Morgan fingerprint density at radius 3 is 2.53 bits per heavy atom. The molecular weight excluding hydrogens is 616 g/mol. The molecule has 1 aromatic carbocycles. The molecule has 0 bridgehead atoms. The van der Waals surface area contributed by atoms with Gasteiger partial charge in [0.25, 0.3) is 11.8 Å². The van der Waals surface area contributed by atoms with Crippen molar-refractivity contribution >= 4 is 59.0 Å². The van der Waals surface area contributed by atoms with Crippen LogP contribution in [0.4, 0.5) is 5.82 Å². The summed E-state index contributed by atoms with van der Waals surface area (Å²) in [6, 6.07) is 8.39. The molecule has 3 heterocycles. The fourth-order valence-corrected chi connectivity index (χ4v) is 4.57. The Bertz CT molecular complexity index is 1330. The number of nitrogens with zero attached hydrogens (tertiary/aromatic N) is 4. The molecule has 0 radical (unpaired) electrons. The van der Waals surface area contributed by atoms with Crippen molar-refractivity contribution in [3.05, 3.63) is 46.1 Å². The van der Waals surface area contributed by atoms with Gasteiger partial charge in [0.05, 0.1) is 12.9 Å². The van der Waals surface area contributed by atoms with Crippen molar-refractivity contribution < 1.29 is 48.7 Å². The van der Waals surface area contributed by atoms with Crippen LogP contribution in [-0.2, 0) is 18.8 Å². The first-order valence-electron chi connectivity index (χ1n) is 10.1. The number of carboxylic acid groups (broad SMARTS) is 1. The van der Waals surface area contributed by atoms with E-state index in [1.54, 1.807) is 30.3 Å². The van der Waals surface area contributed by atoms with Gasteiger partial charge in [-0.2, -0.15) is 0 Å². The Hall–Kier alpha value is -2.57. The first-order valence-corrected chi connectivity index (χ1v) is 12.9. The molecule has 4 rings (SSSR count). The highest BCUT2D eigenvalue weighted by Crippen LogP contribution is 2.42. The monoisotopic (exact) mass is 635 g/mol. The first kappa shape index (κ1) is 26.5. The largest absolute Gasteiger partial charge is 0.479 e. The zero-order valence-corrected chi connectivity index (χ0v) is 21.0. The summed E-state index contributed by atoms with van der Waals surface area (Å²) in [5.41, 5.74) is 0.695. The van der Waals surface area contributed by atoms with Gasteiger partial charge in [-0.05, 0) is 12.1 Å². The summed E-state index contributed by atoms with van der Waals surface area (Å²) in [6.45, 7) is -0.742. The average molecular weight is 635 g/mol. The topological polar surface area (TPSA) is 226 Å². The van der Waals surface area contributed by atoms with Crippen molar-refractivity contribution in [1.82, 2.24) is 19.5 Å². The van der Waals surface area contributed by atoms with Crippen LogP contribution in [0, 0.1) is 3.83 Å². The molecule has 192 valence electrons. The first-order chi connectivity index (χ1) is 17.0. The lowest BCUT2D eigenvalue weighted by atomic mass is 10.1. The van der Waals surface area contributed by atoms with E-state index in [-0.39, 0.29) is 20.8 Å². The van der Waals surface area contributed by atoms with Gasteiger partial charge in [-0.3, -0.25) is 13.9 Å². The number of carbonyl (C=O) groups excluding carboxylic acids is 1. The highest BCUT2D eigenvalue weighted by molar-refractivity contribution is 14.1. The van der Waals surface area contributed by atoms with E-state index in [9.17, 15) is 24.4 Å². The molecule has 0 spiro atoms. The molecule has 6 N–H and O–H groups in total. The van der Waals surface area contributed by atoms with Gasteiger partial charge in [0, 0.05) is 28.2 Å². The van der Waals surface area contributed by atoms with Gasteiger partial charge in [0.1, 0.15) is 18.3 Å². The standard InChI is InChI=1S/C19H19IN5O10P/c20-19-23-13(22-15(28)8-4-2-1-3-5-8)10-14(24-19)25(7-21-10)16-12(27)11(26)9(35-16)6-34-18(17(29)30)36(31,32)33/h1-5,7,9,11-12,16,18,26-27H,6H2,(H,29,30)(H2,31,32,33)(H,22,23,24,28)/t9-,11-,12-,16-,18?/m1/s1. The number of carbonyl (C=O) groups is 2. The summed E-state index contributed by atoms with van der Waals surface area (Å²) in [4.78, 5) is 54.7. The van der Waals surface area contributed by atoms with E-state index in [2.05, 4.69) is 20.3 Å². The van der Waals surface area contributed by atoms with Crippen LogP contribution in [0.2, 0.25) is 0 Å². The third-order valence-corrected chi connectivity index (χ3v) is 6.67. The number of fused-ring (bicyclic) bond motifs is 1. The maximum Gasteiger partial charge on any atom is 0.365 e. The molecule has 15 nitrogen and oxygen atoms in total. The molecule has 2 aromatic heterocycles. The minimum atomic E-state index is -5.15. The second-order valence-corrected chi connectivity index (χ2v) is 10.3. The van der Waals surface area contributed by atoms with Crippen LogP contribution in [0.25, 0.3) is 11.2 Å². The Labute approximate surface area is 215 Å². The van der Waals surface area contributed by atoms with Crippen LogP contribution >= 0.6 is 30.2 Å². The molecular formula is C19H19IN5O10P. The van der Waals surface area contributed by atoms with Crippen molar-refractivity contribution in [3.63, 3.8) is 0 Å². The predicted octanol–water partition coefficient (Wildman–Crippen LogP) is -0.0926. The van der Waals surface area contributed by atoms with Crippen molar-refractivity contribution in [3.8, 4) is 0 Å². The van der Waals surface area contributed by atoms with Gasteiger partial charge in [-0.1, -0.05) is 18.2 Å². The van der Waals surface area contributed by atoms with Crippen LogP contribution in [0.5, 0.6) is 0 Å². The molecule has 3 aromatic rings. The number of aromatic nitrogens is 4. The summed E-state index contributed by atoms with van der Waals surface area (Å²) in [5.74, 6) is -4.71. The number of rotatable bonds is 8. The number of hydrogen-bond acceptors (Lipinski definition) is 10. The normalized spacial score (nSPS) is 23.0. The SMILES string of the molecule is O=C(Nc1nc(I)nc2c1ncn2[C@@H]1O[C@H](COC(C(=O)O)P(=O)(O)O)[C@@H](O)[C@H]1O)c1ccccc1. The van der Waals surface area contributed by atoms with E-state index in [1.807, 2.05) is 22.6 Å². The molecule has 5 atom stereocenters. The third kappa shape index (κ3) is 5.40. The molecule has 0 aliphatic carbocycles. The van der Waals surface area contributed by atoms with Gasteiger partial charge in [-0.15, -0.1) is 0 Å². The number of nitrogens with one attached hydrogen (secondary N) is 1. The van der Waals surface area contributed by atoms with Crippen LogP contribution in [0.1, 0.15) is 16.6 Å². The fraction of sp³-hybridized carbons (Fsp3) is 0.316. The van der Waals surface area contributed by atoms with E-state index in [4.69, 9.17) is 24.4 Å². The van der Waals surface area contributed by atoms with E-state index in [0.29, 0.717) is 5.56 Å². The average Bonchev–Trinajstić information content (AvgIpc) is 3.34. The molecule has 1 aliphatic rings. The lowest BCUT2D eigenvalue weighted by Crippen LogP contribution is -2.36. The maximum absolute atomic E-state index is 12.6. The summed E-state index contributed by atoms with van der Waals surface area (Å²) < 4.78 is 23.2. The molecule has 0 saturated carbocycles. The van der Waals surface area contributed by atoms with Crippen molar-refractivity contribution in [2.24, 2.45) is 0 Å². The molecule has 17 heteroatoms. The van der Waals surface area contributed by atoms with Crippen LogP contribution in [-0.4, -0.2) is 87.3 Å². The fourth-order valence-electron chi connectivity index (χ4n) is 3.53. The molecule has 1 amide bonds. The minimum Gasteiger partial charge on any atom is -0.479 e. The van der Waals surface area contributed by atoms with Crippen molar-refractivity contribution in [1.29, 1.82) is 0 Å². The number of aliphatic hydroxyl groups excluding tert-OH is 2. The minimum absolute atomic E-state index is 0.0934. The number of aliphatic hydroxyl groups is 2. The number of benzene rings is 1. The number of imidazole rings is 1. The van der Waals surface area contributed by atoms with Gasteiger partial charge in [-0.25, -0.2) is 19.7 Å². The van der Waals surface area contributed by atoms with E-state index in [0.717, 1.165) is 0 Å². The summed E-state index contributed by atoms with van der Waals surface area (Å²) >= 11 is 1.82. The summed E-state index contributed by atoms with van der Waals surface area (Å²) in [5, 5.41) is 32.6. The quantitative estimate of drug-likeness (QED) is 0.108. The highest BCUT2D eigenvalue weighted by Gasteiger charge is 2.46. The predicted molar refractivity (Wildman–Crippen MR) is 128 cm³/mol. The maximum atomic E-state index is 12.6. The number of carboxylic acids is 1. The molecule has 36 heavy (non-hydrogen) atoms. The number of amides is 1. The smallest absolute Gasteiger partial charge is 0.365 e. The van der Waals surface area contributed by atoms with E-state index >= 15 is 0 Å². The number of halogens is 1. The number of ether oxygens (including phenoxy) is 2. The molecule has 1 unspecified atom stereocenters. The van der Waals surface area contributed by atoms with Crippen LogP contribution < -0.4 is 5.32 Å². The van der Waals surface area contributed by atoms with E-state index in [1.165, 1.54) is 10.9 Å². The van der Waals surface area contributed by atoms with Crippen molar-refractivity contribution in [2.75, 3.05) is 11.9 Å². The highest BCUT2D eigenvalue weighted by atomic mass is 127. The van der Waals surface area contributed by atoms with Gasteiger partial charge in [0.15, 0.2) is 27.0 Å². The zero-order valence-electron chi connectivity index (χ0n) is 17.9. The Morgan fingerprint density at radius 1 is 1.19 bits per heavy atom. The van der Waals surface area contributed by atoms with Gasteiger partial charge < -0.3 is 39.9 Å². The van der Waals surface area contributed by atoms with E-state index < -0.39 is 56.5 Å². The number of anilines is 1. The Morgan fingerprint density at radius 2 is 1.89 bits per heavy atom. The molecule has 1 saturated heterocycles. The number of aliphatic carboxylic acids is 1. The second-order valence-electron chi connectivity index (χ2n) is 7.64. The van der Waals surface area contributed by atoms with Gasteiger partial charge >= 0.3 is 13.6 Å². The lowest BCUT2D eigenvalue weighted by Gasteiger charge is -2.19. The van der Waals surface area contributed by atoms with Gasteiger partial charge in [0.2, 0.25) is 0 Å². The molecule has 1 fully saturated rings.